The Labute approximate surface area is 108 Å². The van der Waals surface area contributed by atoms with Crippen LogP contribution in [-0.2, 0) is 4.79 Å². The minimum atomic E-state index is -0.954. The molecule has 0 unspecified atom stereocenters. The maximum Gasteiger partial charge on any atom is 0.328 e. The van der Waals surface area contributed by atoms with Crippen molar-refractivity contribution in [3.05, 3.63) is 35.9 Å². The molecule has 0 heterocycles. The summed E-state index contributed by atoms with van der Waals surface area (Å²) in [5.74, 6) is 0.327. The molecule has 18 heavy (non-hydrogen) atoms. The van der Waals surface area contributed by atoms with E-state index in [1.807, 2.05) is 24.3 Å². The number of carboxylic acid groups (broad SMARTS) is 1. The highest BCUT2D eigenvalue weighted by Crippen LogP contribution is 2.21. The second-order valence-electron chi connectivity index (χ2n) is 4.20. The maximum absolute atomic E-state index is 10.5. The molecule has 0 aliphatic carbocycles. The quantitative estimate of drug-likeness (QED) is 0.750. The largest absolute Gasteiger partial charge is 0.493 e. The molecule has 1 rings (SSSR count). The fourth-order valence-electron chi connectivity index (χ4n) is 1.64. The molecule has 1 aromatic carbocycles. The maximum atomic E-state index is 10.5. The average Bonchev–Trinajstić information content (AvgIpc) is 2.38. The third-order valence-electron chi connectivity index (χ3n) is 2.95. The zero-order valence-electron chi connectivity index (χ0n) is 10.9. The normalized spacial score (nSPS) is 11.1. The van der Waals surface area contributed by atoms with Crippen LogP contribution in [0.3, 0.4) is 0 Å². The van der Waals surface area contributed by atoms with Crippen molar-refractivity contribution in [2.24, 2.45) is 5.92 Å². The highest BCUT2D eigenvalue weighted by Gasteiger charge is 2.06. The van der Waals surface area contributed by atoms with E-state index >= 15 is 0 Å². The van der Waals surface area contributed by atoms with Crippen LogP contribution < -0.4 is 4.74 Å². The lowest BCUT2D eigenvalue weighted by Gasteiger charge is -2.15. The first kappa shape index (κ1) is 14.3. The fraction of sp³-hybridized carbons (Fsp3) is 0.400. The Balaban J connectivity index is 2.73. The van der Waals surface area contributed by atoms with Crippen LogP contribution in [0.2, 0.25) is 0 Å². The van der Waals surface area contributed by atoms with Gasteiger partial charge in [0.2, 0.25) is 0 Å². The predicted molar refractivity (Wildman–Crippen MR) is 72.7 cm³/mol. The monoisotopic (exact) mass is 248 g/mol. The van der Waals surface area contributed by atoms with E-state index in [2.05, 4.69) is 13.8 Å². The molecule has 0 aliphatic rings. The molecule has 0 saturated heterocycles. The topological polar surface area (TPSA) is 46.5 Å². The van der Waals surface area contributed by atoms with Crippen LogP contribution in [0, 0.1) is 5.92 Å². The minimum Gasteiger partial charge on any atom is -0.493 e. The molecule has 3 heteroatoms. The van der Waals surface area contributed by atoms with Crippen molar-refractivity contribution in [3.63, 3.8) is 0 Å². The summed E-state index contributed by atoms with van der Waals surface area (Å²) in [7, 11) is 0. The van der Waals surface area contributed by atoms with Gasteiger partial charge >= 0.3 is 5.97 Å². The van der Waals surface area contributed by atoms with Crippen LogP contribution in [0.5, 0.6) is 5.75 Å². The van der Waals surface area contributed by atoms with Crippen LogP contribution in [0.1, 0.15) is 32.3 Å². The lowest BCUT2D eigenvalue weighted by Crippen LogP contribution is -2.10. The molecule has 0 aromatic heterocycles. The lowest BCUT2D eigenvalue weighted by molar-refractivity contribution is -0.131. The van der Waals surface area contributed by atoms with E-state index in [1.54, 1.807) is 6.08 Å². The summed E-state index contributed by atoms with van der Waals surface area (Å²) in [5.41, 5.74) is 0.797. The second kappa shape index (κ2) is 7.54. The highest BCUT2D eigenvalue weighted by molar-refractivity contribution is 5.85. The van der Waals surface area contributed by atoms with Gasteiger partial charge in [0.1, 0.15) is 5.75 Å². The van der Waals surface area contributed by atoms with Gasteiger partial charge in [0.25, 0.3) is 0 Å². The van der Waals surface area contributed by atoms with Crippen LogP contribution >= 0.6 is 0 Å². The fourth-order valence-corrected chi connectivity index (χ4v) is 1.64. The van der Waals surface area contributed by atoms with Crippen LogP contribution in [0.4, 0.5) is 0 Å². The van der Waals surface area contributed by atoms with E-state index in [1.165, 1.54) is 0 Å². The molecule has 1 aromatic rings. The minimum absolute atomic E-state index is 0.543. The van der Waals surface area contributed by atoms with Gasteiger partial charge in [-0.25, -0.2) is 4.79 Å². The zero-order valence-corrected chi connectivity index (χ0v) is 10.9. The Hall–Kier alpha value is -1.77. The number of benzene rings is 1. The third kappa shape index (κ3) is 4.62. The molecule has 1 N–H and O–H groups in total. The zero-order chi connectivity index (χ0) is 13.4. The number of hydrogen-bond acceptors (Lipinski definition) is 2. The van der Waals surface area contributed by atoms with Crippen molar-refractivity contribution in [2.75, 3.05) is 6.61 Å². The number of rotatable bonds is 7. The van der Waals surface area contributed by atoms with Crippen LogP contribution in [-0.4, -0.2) is 17.7 Å². The number of hydrogen-bond donors (Lipinski definition) is 1. The molecular formula is C15H20O3. The summed E-state index contributed by atoms with van der Waals surface area (Å²) in [6, 6.07) is 7.47. The van der Waals surface area contributed by atoms with Crippen molar-refractivity contribution in [1.29, 1.82) is 0 Å². The molecule has 0 aliphatic heterocycles. The molecule has 0 fully saturated rings. The number of carboxylic acids is 1. The van der Waals surface area contributed by atoms with Gasteiger partial charge in [0.05, 0.1) is 6.61 Å². The summed E-state index contributed by atoms with van der Waals surface area (Å²) in [5, 5.41) is 8.63. The molecule has 0 amide bonds. The van der Waals surface area contributed by atoms with Crippen molar-refractivity contribution < 1.29 is 14.6 Å². The lowest BCUT2D eigenvalue weighted by atomic mass is 10.1. The van der Waals surface area contributed by atoms with Gasteiger partial charge in [-0.1, -0.05) is 44.9 Å². The van der Waals surface area contributed by atoms with Gasteiger partial charge < -0.3 is 9.84 Å². The van der Waals surface area contributed by atoms with Crippen LogP contribution in [0.15, 0.2) is 30.3 Å². The molecule has 98 valence electrons. The summed E-state index contributed by atoms with van der Waals surface area (Å²) in [6.45, 7) is 4.96. The second-order valence-corrected chi connectivity index (χ2v) is 4.20. The van der Waals surface area contributed by atoms with Gasteiger partial charge in [-0.3, -0.25) is 0 Å². The standard InChI is InChI=1S/C15H20O3/c1-3-12(4-2)11-18-14-8-6-5-7-13(14)9-10-15(16)17/h5-10,12H,3-4,11H2,1-2H3,(H,16,17)/b10-9+. The van der Waals surface area contributed by atoms with E-state index in [9.17, 15) is 4.79 Å². The van der Waals surface area contributed by atoms with E-state index in [4.69, 9.17) is 9.84 Å². The van der Waals surface area contributed by atoms with Crippen molar-refractivity contribution in [3.8, 4) is 5.75 Å². The van der Waals surface area contributed by atoms with Gasteiger partial charge in [-0.2, -0.15) is 0 Å². The van der Waals surface area contributed by atoms with Crippen LogP contribution in [0.25, 0.3) is 6.08 Å². The van der Waals surface area contributed by atoms with E-state index in [-0.39, 0.29) is 0 Å². The Bertz CT molecular complexity index is 406. The Morgan fingerprint density at radius 3 is 2.61 bits per heavy atom. The summed E-state index contributed by atoms with van der Waals surface area (Å²) < 4.78 is 5.77. The molecule has 0 saturated carbocycles. The number of aliphatic carboxylic acids is 1. The molecule has 0 spiro atoms. The summed E-state index contributed by atoms with van der Waals surface area (Å²) in [6.07, 6.45) is 4.86. The predicted octanol–water partition coefficient (Wildman–Crippen LogP) is 3.60. The number of para-hydroxylation sites is 1. The molecule has 0 atom stereocenters. The number of carbonyl (C=O) groups is 1. The summed E-state index contributed by atoms with van der Waals surface area (Å²) >= 11 is 0. The van der Waals surface area contributed by atoms with Crippen molar-refractivity contribution in [1.82, 2.24) is 0 Å². The van der Waals surface area contributed by atoms with Gasteiger partial charge in [0, 0.05) is 11.6 Å². The Kier molecular flexibility index (Phi) is 5.98. The van der Waals surface area contributed by atoms with Gasteiger partial charge in [0.15, 0.2) is 0 Å². The SMILES string of the molecule is CCC(CC)COc1ccccc1/C=C/C(=O)O. The molecule has 3 nitrogen and oxygen atoms in total. The van der Waals surface area contributed by atoms with Gasteiger partial charge in [-0.15, -0.1) is 0 Å². The first-order valence-corrected chi connectivity index (χ1v) is 6.30. The average molecular weight is 248 g/mol. The van der Waals surface area contributed by atoms with E-state index in [0.29, 0.717) is 12.5 Å². The number of ether oxygens (including phenoxy) is 1. The summed E-state index contributed by atoms with van der Waals surface area (Å²) in [4.78, 5) is 10.5. The van der Waals surface area contributed by atoms with E-state index < -0.39 is 5.97 Å². The Morgan fingerprint density at radius 1 is 1.33 bits per heavy atom. The highest BCUT2D eigenvalue weighted by atomic mass is 16.5. The van der Waals surface area contributed by atoms with Crippen molar-refractivity contribution in [2.45, 2.75) is 26.7 Å². The molecule has 0 radical (unpaired) electrons. The smallest absolute Gasteiger partial charge is 0.328 e. The van der Waals surface area contributed by atoms with Gasteiger partial charge in [-0.05, 0) is 18.1 Å². The van der Waals surface area contributed by atoms with Crippen molar-refractivity contribution >= 4 is 12.0 Å². The third-order valence-corrected chi connectivity index (χ3v) is 2.95. The first-order valence-electron chi connectivity index (χ1n) is 6.30. The van der Waals surface area contributed by atoms with E-state index in [0.717, 1.165) is 30.2 Å². The molecular weight excluding hydrogens is 228 g/mol. The molecule has 0 bridgehead atoms. The Morgan fingerprint density at radius 2 is 2.00 bits per heavy atom. The first-order chi connectivity index (χ1) is 8.67.